The van der Waals surface area contributed by atoms with Gasteiger partial charge in [0.15, 0.2) is 6.29 Å². The van der Waals surface area contributed by atoms with E-state index in [-0.39, 0.29) is 31.5 Å². The molecule has 0 aromatic rings. The van der Waals surface area contributed by atoms with Crippen molar-refractivity contribution in [1.29, 1.82) is 0 Å². The van der Waals surface area contributed by atoms with Crippen molar-refractivity contribution in [3.05, 3.63) is 12.7 Å². The van der Waals surface area contributed by atoms with E-state index in [1.807, 2.05) is 0 Å². The number of hydrogen-bond donors (Lipinski definition) is 2. The summed E-state index contributed by atoms with van der Waals surface area (Å²) < 4.78 is 11.1. The Labute approximate surface area is 96.9 Å². The van der Waals surface area contributed by atoms with E-state index in [2.05, 4.69) is 6.58 Å². The van der Waals surface area contributed by atoms with Crippen LogP contribution in [0, 0.1) is 5.92 Å². The molecular formula is C12H22O4. The van der Waals surface area contributed by atoms with Gasteiger partial charge in [-0.3, -0.25) is 0 Å². The molecule has 0 bridgehead atoms. The van der Waals surface area contributed by atoms with Gasteiger partial charge in [-0.25, -0.2) is 0 Å². The second kappa shape index (κ2) is 7.79. The predicted molar refractivity (Wildman–Crippen MR) is 60.9 cm³/mol. The Kier molecular flexibility index (Phi) is 6.64. The van der Waals surface area contributed by atoms with Crippen molar-refractivity contribution >= 4 is 0 Å². The Hall–Kier alpha value is -0.420. The SMILES string of the molecule is C=CC[C@@H](CO)[C@@H](CO)OC1CCCCO1. The first-order valence-electron chi connectivity index (χ1n) is 5.91. The highest BCUT2D eigenvalue weighted by Crippen LogP contribution is 2.20. The molecule has 0 saturated carbocycles. The van der Waals surface area contributed by atoms with Gasteiger partial charge in [-0.05, 0) is 25.7 Å². The van der Waals surface area contributed by atoms with E-state index in [9.17, 15) is 10.2 Å². The molecule has 1 rings (SSSR count). The summed E-state index contributed by atoms with van der Waals surface area (Å²) >= 11 is 0. The third-order valence-electron chi connectivity index (χ3n) is 2.87. The highest BCUT2D eigenvalue weighted by atomic mass is 16.7. The Morgan fingerprint density at radius 1 is 1.38 bits per heavy atom. The third-order valence-corrected chi connectivity index (χ3v) is 2.87. The zero-order chi connectivity index (χ0) is 11.8. The maximum absolute atomic E-state index is 9.26. The lowest BCUT2D eigenvalue weighted by molar-refractivity contribution is -0.207. The Morgan fingerprint density at radius 2 is 2.19 bits per heavy atom. The summed E-state index contributed by atoms with van der Waals surface area (Å²) in [5.74, 6) is -0.104. The minimum Gasteiger partial charge on any atom is -0.396 e. The van der Waals surface area contributed by atoms with Crippen LogP contribution in [0.4, 0.5) is 0 Å². The van der Waals surface area contributed by atoms with Crippen LogP contribution >= 0.6 is 0 Å². The van der Waals surface area contributed by atoms with Crippen LogP contribution in [0.15, 0.2) is 12.7 Å². The maximum atomic E-state index is 9.26. The van der Waals surface area contributed by atoms with Crippen LogP contribution < -0.4 is 0 Å². The quantitative estimate of drug-likeness (QED) is 0.642. The molecule has 1 aliphatic heterocycles. The highest BCUT2D eigenvalue weighted by molar-refractivity contribution is 4.79. The van der Waals surface area contributed by atoms with Crippen molar-refractivity contribution in [1.82, 2.24) is 0 Å². The summed E-state index contributed by atoms with van der Waals surface area (Å²) in [6, 6.07) is 0. The van der Waals surface area contributed by atoms with Crippen LogP contribution in [-0.4, -0.2) is 42.4 Å². The second-order valence-corrected chi connectivity index (χ2v) is 4.12. The van der Waals surface area contributed by atoms with E-state index >= 15 is 0 Å². The fourth-order valence-electron chi connectivity index (χ4n) is 1.87. The molecule has 1 saturated heterocycles. The van der Waals surface area contributed by atoms with Gasteiger partial charge in [-0.2, -0.15) is 0 Å². The summed E-state index contributed by atoms with van der Waals surface area (Å²) in [6.45, 7) is 4.24. The average molecular weight is 230 g/mol. The Balaban J connectivity index is 2.41. The normalized spacial score (nSPS) is 25.0. The number of rotatable bonds is 7. The average Bonchev–Trinajstić information content (AvgIpc) is 2.35. The van der Waals surface area contributed by atoms with E-state index < -0.39 is 0 Å². The molecule has 4 nitrogen and oxygen atoms in total. The van der Waals surface area contributed by atoms with Gasteiger partial charge in [0, 0.05) is 19.1 Å². The molecular weight excluding hydrogens is 208 g/mol. The van der Waals surface area contributed by atoms with E-state index in [1.54, 1.807) is 6.08 Å². The van der Waals surface area contributed by atoms with Gasteiger partial charge in [0.25, 0.3) is 0 Å². The third kappa shape index (κ3) is 4.22. The second-order valence-electron chi connectivity index (χ2n) is 4.12. The number of ether oxygens (including phenoxy) is 2. The molecule has 4 heteroatoms. The van der Waals surface area contributed by atoms with Gasteiger partial charge < -0.3 is 19.7 Å². The van der Waals surface area contributed by atoms with Crippen LogP contribution in [0.25, 0.3) is 0 Å². The first-order chi connectivity index (χ1) is 7.81. The van der Waals surface area contributed by atoms with Gasteiger partial charge in [0.2, 0.25) is 0 Å². The Bertz CT molecular complexity index is 189. The fourth-order valence-corrected chi connectivity index (χ4v) is 1.87. The molecule has 1 fully saturated rings. The minimum absolute atomic E-state index is 0.00995. The molecule has 1 heterocycles. The monoisotopic (exact) mass is 230 g/mol. The number of allylic oxidation sites excluding steroid dienone is 1. The fraction of sp³-hybridized carbons (Fsp3) is 0.833. The predicted octanol–water partition coefficient (Wildman–Crippen LogP) is 1.08. The lowest BCUT2D eigenvalue weighted by Crippen LogP contribution is -2.36. The highest BCUT2D eigenvalue weighted by Gasteiger charge is 2.25. The molecule has 0 radical (unpaired) electrons. The summed E-state index contributed by atoms with van der Waals surface area (Å²) in [4.78, 5) is 0. The van der Waals surface area contributed by atoms with E-state index in [1.165, 1.54) is 0 Å². The van der Waals surface area contributed by atoms with Crippen LogP contribution in [-0.2, 0) is 9.47 Å². The van der Waals surface area contributed by atoms with Crippen molar-refractivity contribution in [3.8, 4) is 0 Å². The van der Waals surface area contributed by atoms with Gasteiger partial charge >= 0.3 is 0 Å². The van der Waals surface area contributed by atoms with Crippen molar-refractivity contribution in [2.24, 2.45) is 5.92 Å². The van der Waals surface area contributed by atoms with Gasteiger partial charge in [-0.1, -0.05) is 6.08 Å². The van der Waals surface area contributed by atoms with Crippen LogP contribution in [0.1, 0.15) is 25.7 Å². The van der Waals surface area contributed by atoms with E-state index in [0.717, 1.165) is 19.3 Å². The molecule has 0 spiro atoms. The lowest BCUT2D eigenvalue weighted by Gasteiger charge is -2.30. The largest absolute Gasteiger partial charge is 0.396 e. The van der Waals surface area contributed by atoms with Crippen LogP contribution in [0.5, 0.6) is 0 Å². The first-order valence-corrected chi connectivity index (χ1v) is 5.91. The molecule has 0 amide bonds. The number of aliphatic hydroxyl groups excluding tert-OH is 2. The van der Waals surface area contributed by atoms with Gasteiger partial charge in [-0.15, -0.1) is 6.58 Å². The lowest BCUT2D eigenvalue weighted by atomic mass is 10.00. The van der Waals surface area contributed by atoms with Crippen LogP contribution in [0.2, 0.25) is 0 Å². The van der Waals surface area contributed by atoms with Crippen molar-refractivity contribution in [2.75, 3.05) is 19.8 Å². The smallest absolute Gasteiger partial charge is 0.158 e. The molecule has 16 heavy (non-hydrogen) atoms. The van der Waals surface area contributed by atoms with Crippen molar-refractivity contribution in [2.45, 2.75) is 38.1 Å². The minimum atomic E-state index is -0.369. The van der Waals surface area contributed by atoms with E-state index in [0.29, 0.717) is 13.0 Å². The van der Waals surface area contributed by atoms with Gasteiger partial charge in [0.05, 0.1) is 12.7 Å². The Morgan fingerprint density at radius 3 is 2.69 bits per heavy atom. The molecule has 0 aromatic carbocycles. The van der Waals surface area contributed by atoms with Gasteiger partial charge in [0.1, 0.15) is 0 Å². The van der Waals surface area contributed by atoms with Crippen molar-refractivity contribution < 1.29 is 19.7 Å². The maximum Gasteiger partial charge on any atom is 0.158 e. The summed E-state index contributed by atoms with van der Waals surface area (Å²) in [5.41, 5.74) is 0. The summed E-state index contributed by atoms with van der Waals surface area (Å²) in [7, 11) is 0. The molecule has 1 aliphatic rings. The van der Waals surface area contributed by atoms with E-state index in [4.69, 9.17) is 9.47 Å². The molecule has 94 valence electrons. The molecule has 1 unspecified atom stereocenters. The first kappa shape index (κ1) is 13.6. The van der Waals surface area contributed by atoms with Crippen molar-refractivity contribution in [3.63, 3.8) is 0 Å². The number of hydrogen-bond acceptors (Lipinski definition) is 4. The zero-order valence-electron chi connectivity index (χ0n) is 9.68. The molecule has 0 aromatic heterocycles. The summed E-state index contributed by atoms with van der Waals surface area (Å²) in [5, 5.41) is 18.5. The zero-order valence-corrected chi connectivity index (χ0v) is 9.68. The summed E-state index contributed by atoms with van der Waals surface area (Å²) in [6.07, 6.45) is 4.79. The molecule has 0 aliphatic carbocycles. The molecule has 3 atom stereocenters. The van der Waals surface area contributed by atoms with Crippen LogP contribution in [0.3, 0.4) is 0 Å². The number of aliphatic hydroxyl groups is 2. The topological polar surface area (TPSA) is 58.9 Å². The standard InChI is InChI=1S/C12H22O4/c1-2-5-10(8-13)11(9-14)16-12-6-3-4-7-15-12/h2,10-14H,1,3-9H2/t10-,11+,12?/m0/s1. The molecule has 2 N–H and O–H groups in total.